The normalized spacial score (nSPS) is 14.3. The van der Waals surface area contributed by atoms with Gasteiger partial charge in [0.15, 0.2) is 0 Å². The first-order valence-electron chi connectivity index (χ1n) is 7.49. The number of aryl methyl sites for hydroxylation is 1. The molecule has 0 unspecified atom stereocenters. The van der Waals surface area contributed by atoms with Crippen molar-refractivity contribution in [3.63, 3.8) is 0 Å². The largest absolute Gasteiger partial charge is 0.381 e. The Morgan fingerprint density at radius 3 is 2.38 bits per heavy atom. The highest BCUT2D eigenvalue weighted by Gasteiger charge is 2.21. The first kappa shape index (κ1) is 12.4. The summed E-state index contributed by atoms with van der Waals surface area (Å²) in [6.07, 6.45) is 2.21. The maximum absolute atomic E-state index is 4.61. The summed E-state index contributed by atoms with van der Waals surface area (Å²) in [4.78, 5) is 4.61. The van der Waals surface area contributed by atoms with Crippen molar-refractivity contribution in [2.24, 2.45) is 0 Å². The van der Waals surface area contributed by atoms with Gasteiger partial charge in [-0.25, -0.2) is 0 Å². The number of nitrogens with one attached hydrogen (secondary N) is 1. The number of benzene rings is 2. The van der Waals surface area contributed by atoms with Gasteiger partial charge in [-0.3, -0.25) is 4.98 Å². The molecule has 0 radical (unpaired) electrons. The lowest BCUT2D eigenvalue weighted by Gasteiger charge is -2.16. The minimum absolute atomic E-state index is 0.479. The van der Waals surface area contributed by atoms with Crippen LogP contribution in [0.25, 0.3) is 10.9 Å². The molecule has 2 aromatic carbocycles. The van der Waals surface area contributed by atoms with Crippen molar-refractivity contribution in [1.29, 1.82) is 0 Å². The second-order valence-electron chi connectivity index (χ2n) is 5.85. The van der Waals surface area contributed by atoms with Crippen LogP contribution in [0.4, 0.5) is 5.69 Å². The van der Waals surface area contributed by atoms with Gasteiger partial charge in [0.05, 0.1) is 5.52 Å². The van der Waals surface area contributed by atoms with Crippen molar-refractivity contribution < 1.29 is 0 Å². The molecule has 3 aromatic rings. The van der Waals surface area contributed by atoms with Crippen molar-refractivity contribution in [3.8, 4) is 0 Å². The third kappa shape index (κ3) is 2.27. The van der Waals surface area contributed by atoms with E-state index >= 15 is 0 Å². The van der Waals surface area contributed by atoms with Gasteiger partial charge < -0.3 is 5.32 Å². The van der Waals surface area contributed by atoms with Crippen LogP contribution in [0.1, 0.15) is 16.8 Å². The summed E-state index contributed by atoms with van der Waals surface area (Å²) in [5.74, 6) is 0. The maximum atomic E-state index is 4.61. The number of hydrogen-bond donors (Lipinski definition) is 1. The molecule has 1 N–H and O–H groups in total. The monoisotopic (exact) mass is 274 g/mol. The molecule has 0 spiro atoms. The summed E-state index contributed by atoms with van der Waals surface area (Å²) < 4.78 is 0. The van der Waals surface area contributed by atoms with Crippen LogP contribution in [0.2, 0.25) is 0 Å². The fourth-order valence-electron chi connectivity index (χ4n) is 3.31. The third-order valence-corrected chi connectivity index (χ3v) is 4.25. The number of pyridine rings is 1. The highest BCUT2D eigenvalue weighted by atomic mass is 14.9. The summed E-state index contributed by atoms with van der Waals surface area (Å²) in [5.41, 5.74) is 6.29. The van der Waals surface area contributed by atoms with Crippen molar-refractivity contribution in [1.82, 2.24) is 4.98 Å². The lowest BCUT2D eigenvalue weighted by Crippen LogP contribution is -2.19. The van der Waals surface area contributed by atoms with E-state index in [1.807, 2.05) is 6.07 Å². The van der Waals surface area contributed by atoms with E-state index in [9.17, 15) is 0 Å². The van der Waals surface area contributed by atoms with Crippen molar-refractivity contribution in [3.05, 3.63) is 71.4 Å². The molecule has 2 nitrogen and oxygen atoms in total. The topological polar surface area (TPSA) is 24.9 Å². The minimum Gasteiger partial charge on any atom is -0.381 e. The highest BCUT2D eigenvalue weighted by Crippen LogP contribution is 2.28. The maximum Gasteiger partial charge on any atom is 0.0725 e. The molecule has 1 heterocycles. The molecular formula is C19H18N2. The Bertz CT molecular complexity index is 783. The van der Waals surface area contributed by atoms with Gasteiger partial charge in [0, 0.05) is 22.8 Å². The fraction of sp³-hybridized carbons (Fsp3) is 0.211. The van der Waals surface area contributed by atoms with Crippen LogP contribution >= 0.6 is 0 Å². The number of nitrogens with zero attached hydrogens (tertiary/aromatic N) is 1. The van der Waals surface area contributed by atoms with Crippen LogP contribution in [0, 0.1) is 6.92 Å². The van der Waals surface area contributed by atoms with E-state index < -0.39 is 0 Å². The van der Waals surface area contributed by atoms with Gasteiger partial charge in [0.1, 0.15) is 0 Å². The number of anilines is 1. The van der Waals surface area contributed by atoms with Crippen LogP contribution in [-0.2, 0) is 12.8 Å². The van der Waals surface area contributed by atoms with Crippen molar-refractivity contribution in [2.45, 2.75) is 25.8 Å². The molecule has 1 aromatic heterocycles. The Labute approximate surface area is 124 Å². The van der Waals surface area contributed by atoms with E-state index in [0.717, 1.165) is 24.1 Å². The van der Waals surface area contributed by atoms with Gasteiger partial charge in [-0.05, 0) is 43.0 Å². The van der Waals surface area contributed by atoms with Gasteiger partial charge in [-0.15, -0.1) is 0 Å². The summed E-state index contributed by atoms with van der Waals surface area (Å²) in [6.45, 7) is 2.06. The van der Waals surface area contributed by atoms with Crippen LogP contribution < -0.4 is 5.32 Å². The van der Waals surface area contributed by atoms with Crippen LogP contribution in [0.3, 0.4) is 0 Å². The standard InChI is InChI=1S/C19H18N2/c1-13-10-19(17-8-4-5-9-18(17)20-13)21-16-11-14-6-2-3-7-15(14)12-16/h2-10,16H,11-12H2,1H3,(H,20,21). The number of rotatable bonds is 2. The molecule has 4 rings (SSSR count). The van der Waals surface area contributed by atoms with Gasteiger partial charge in [0.25, 0.3) is 0 Å². The number of aromatic nitrogens is 1. The summed E-state index contributed by atoms with van der Waals surface area (Å²) in [7, 11) is 0. The summed E-state index contributed by atoms with van der Waals surface area (Å²) >= 11 is 0. The van der Waals surface area contributed by atoms with Crippen LogP contribution in [0.15, 0.2) is 54.6 Å². The Kier molecular flexibility index (Phi) is 2.88. The van der Waals surface area contributed by atoms with E-state index in [-0.39, 0.29) is 0 Å². The Balaban J connectivity index is 1.67. The second kappa shape index (κ2) is 4.88. The van der Waals surface area contributed by atoms with E-state index in [1.165, 1.54) is 22.2 Å². The molecule has 0 atom stereocenters. The number of fused-ring (bicyclic) bond motifs is 2. The molecule has 0 fully saturated rings. The van der Waals surface area contributed by atoms with Crippen LogP contribution in [0.5, 0.6) is 0 Å². The predicted molar refractivity (Wildman–Crippen MR) is 87.7 cm³/mol. The Hall–Kier alpha value is -2.35. The van der Waals surface area contributed by atoms with Gasteiger partial charge >= 0.3 is 0 Å². The van der Waals surface area contributed by atoms with Gasteiger partial charge in [-0.1, -0.05) is 42.5 Å². The average molecular weight is 274 g/mol. The quantitative estimate of drug-likeness (QED) is 0.760. The number of hydrogen-bond acceptors (Lipinski definition) is 2. The summed E-state index contributed by atoms with van der Waals surface area (Å²) in [6, 6.07) is 19.7. The molecule has 0 aliphatic heterocycles. The van der Waals surface area contributed by atoms with Crippen LogP contribution in [-0.4, -0.2) is 11.0 Å². The third-order valence-electron chi connectivity index (χ3n) is 4.25. The van der Waals surface area contributed by atoms with E-state index in [2.05, 4.69) is 65.8 Å². The van der Waals surface area contributed by atoms with Gasteiger partial charge in [0.2, 0.25) is 0 Å². The zero-order valence-corrected chi connectivity index (χ0v) is 12.1. The predicted octanol–water partition coefficient (Wildman–Crippen LogP) is 4.12. The molecule has 21 heavy (non-hydrogen) atoms. The molecule has 0 bridgehead atoms. The Morgan fingerprint density at radius 2 is 1.62 bits per heavy atom. The van der Waals surface area contributed by atoms with E-state index in [0.29, 0.717) is 6.04 Å². The lowest BCUT2D eigenvalue weighted by molar-refractivity contribution is 0.775. The SMILES string of the molecule is Cc1cc(NC2Cc3ccccc3C2)c2ccccc2n1. The molecule has 0 amide bonds. The molecular weight excluding hydrogens is 256 g/mol. The van der Waals surface area contributed by atoms with Crippen molar-refractivity contribution >= 4 is 16.6 Å². The zero-order chi connectivity index (χ0) is 14.2. The molecule has 104 valence electrons. The minimum atomic E-state index is 0.479. The molecule has 2 heteroatoms. The Morgan fingerprint density at radius 1 is 0.952 bits per heavy atom. The smallest absolute Gasteiger partial charge is 0.0725 e. The van der Waals surface area contributed by atoms with E-state index in [1.54, 1.807) is 0 Å². The molecule has 0 saturated carbocycles. The molecule has 1 aliphatic rings. The summed E-state index contributed by atoms with van der Waals surface area (Å²) in [5, 5.41) is 4.94. The number of para-hydroxylation sites is 1. The lowest BCUT2D eigenvalue weighted by atomic mass is 10.1. The van der Waals surface area contributed by atoms with Crippen molar-refractivity contribution in [2.75, 3.05) is 5.32 Å². The van der Waals surface area contributed by atoms with Gasteiger partial charge in [-0.2, -0.15) is 0 Å². The highest BCUT2D eigenvalue weighted by molar-refractivity contribution is 5.91. The first-order valence-corrected chi connectivity index (χ1v) is 7.49. The van der Waals surface area contributed by atoms with E-state index in [4.69, 9.17) is 0 Å². The zero-order valence-electron chi connectivity index (χ0n) is 12.1. The fourth-order valence-corrected chi connectivity index (χ4v) is 3.31. The second-order valence-corrected chi connectivity index (χ2v) is 5.85. The first-order chi connectivity index (χ1) is 10.3. The molecule has 1 aliphatic carbocycles. The molecule has 0 saturated heterocycles. The average Bonchev–Trinajstić information content (AvgIpc) is 2.89.